The fourth-order valence-corrected chi connectivity index (χ4v) is 5.06. The summed E-state index contributed by atoms with van der Waals surface area (Å²) >= 11 is 1.48. The number of thiazole rings is 1. The van der Waals surface area contributed by atoms with Gasteiger partial charge in [-0.1, -0.05) is 61.7 Å². The van der Waals surface area contributed by atoms with Crippen molar-refractivity contribution in [2.75, 3.05) is 0 Å². The first-order chi connectivity index (χ1) is 14.7. The van der Waals surface area contributed by atoms with E-state index in [1.54, 1.807) is 18.2 Å². The predicted molar refractivity (Wildman–Crippen MR) is 122 cm³/mol. The summed E-state index contributed by atoms with van der Waals surface area (Å²) in [6, 6.07) is 15.4. The van der Waals surface area contributed by atoms with E-state index in [4.69, 9.17) is 0 Å². The molecule has 0 amide bonds. The predicted octanol–water partition coefficient (Wildman–Crippen LogP) is 6.59. The highest BCUT2D eigenvalue weighted by molar-refractivity contribution is 7.07. The fraction of sp³-hybridized carbons (Fsp3) is 0.292. The number of hydrogen-bond acceptors (Lipinski definition) is 4. The first-order valence-corrected chi connectivity index (χ1v) is 11.2. The molecule has 0 spiro atoms. The monoisotopic (exact) mass is 419 g/mol. The Kier molecular flexibility index (Phi) is 6.23. The molecule has 1 heterocycles. The van der Waals surface area contributed by atoms with Crippen LogP contribution in [0, 0.1) is 10.1 Å². The highest BCUT2D eigenvalue weighted by atomic mass is 32.1. The lowest BCUT2D eigenvalue weighted by Gasteiger charge is -2.22. The van der Waals surface area contributed by atoms with Crippen LogP contribution in [0.2, 0.25) is 0 Å². The van der Waals surface area contributed by atoms with Crippen LogP contribution in [0.4, 0.5) is 11.4 Å². The van der Waals surface area contributed by atoms with Gasteiger partial charge in [-0.3, -0.25) is 10.1 Å². The van der Waals surface area contributed by atoms with Gasteiger partial charge >= 0.3 is 0 Å². The van der Waals surface area contributed by atoms with Crippen molar-refractivity contribution in [1.82, 2.24) is 4.57 Å². The number of allylic oxidation sites excluding steroid dienone is 1. The molecule has 0 saturated heterocycles. The number of para-hydroxylation sites is 2. The van der Waals surface area contributed by atoms with Crippen molar-refractivity contribution in [2.45, 2.75) is 44.6 Å². The second kappa shape index (κ2) is 9.22. The fourth-order valence-electron chi connectivity index (χ4n) is 4.13. The van der Waals surface area contributed by atoms with Crippen molar-refractivity contribution in [2.24, 2.45) is 4.99 Å². The molecular weight excluding hydrogens is 394 g/mol. The minimum Gasteiger partial charge on any atom is -0.313 e. The maximum absolute atomic E-state index is 11.3. The van der Waals surface area contributed by atoms with E-state index in [1.165, 1.54) is 55.1 Å². The van der Waals surface area contributed by atoms with Gasteiger partial charge in [-0.25, -0.2) is 4.99 Å². The first-order valence-electron chi connectivity index (χ1n) is 10.3. The molecule has 0 unspecified atom stereocenters. The Morgan fingerprint density at radius 3 is 2.57 bits per heavy atom. The number of rotatable bonds is 6. The standard InChI is InChI=1S/C24H25N3O2S/c1-2-16-26-23(20-14-12-19(13-15-20)18-8-4-3-5-9-18)17-30-24(26)25-21-10-6-7-11-22(21)27(28)29/h2,6-7,10-15,17-18H,1,3-5,8-9,16H2. The Bertz CT molecular complexity index is 1110. The summed E-state index contributed by atoms with van der Waals surface area (Å²) in [7, 11) is 0. The molecule has 0 atom stereocenters. The number of benzene rings is 2. The smallest absolute Gasteiger partial charge is 0.294 e. The van der Waals surface area contributed by atoms with Crippen molar-refractivity contribution in [3.05, 3.63) is 87.0 Å². The second-order valence-corrected chi connectivity index (χ2v) is 8.45. The van der Waals surface area contributed by atoms with Gasteiger partial charge in [0.1, 0.15) is 5.69 Å². The van der Waals surface area contributed by atoms with Crippen LogP contribution >= 0.6 is 11.3 Å². The Labute approximate surface area is 180 Å². The highest BCUT2D eigenvalue weighted by Gasteiger charge is 2.16. The van der Waals surface area contributed by atoms with Gasteiger partial charge in [0.05, 0.1) is 10.6 Å². The summed E-state index contributed by atoms with van der Waals surface area (Å²) < 4.78 is 2.06. The average molecular weight is 420 g/mol. The quantitative estimate of drug-likeness (QED) is 0.257. The van der Waals surface area contributed by atoms with Gasteiger partial charge in [0.25, 0.3) is 5.69 Å². The van der Waals surface area contributed by atoms with E-state index in [9.17, 15) is 10.1 Å². The largest absolute Gasteiger partial charge is 0.313 e. The van der Waals surface area contributed by atoms with E-state index < -0.39 is 4.92 Å². The maximum atomic E-state index is 11.3. The van der Waals surface area contributed by atoms with Crippen LogP contribution in [-0.4, -0.2) is 9.49 Å². The van der Waals surface area contributed by atoms with Crippen molar-refractivity contribution in [3.8, 4) is 11.3 Å². The lowest BCUT2D eigenvalue weighted by molar-refractivity contribution is -0.384. The van der Waals surface area contributed by atoms with Gasteiger partial charge in [-0.15, -0.1) is 17.9 Å². The summed E-state index contributed by atoms with van der Waals surface area (Å²) in [5.74, 6) is 0.680. The summed E-state index contributed by atoms with van der Waals surface area (Å²) in [4.78, 5) is 16.3. The minimum atomic E-state index is -0.394. The van der Waals surface area contributed by atoms with Gasteiger partial charge in [-0.05, 0) is 36.0 Å². The molecule has 154 valence electrons. The van der Waals surface area contributed by atoms with Gasteiger partial charge < -0.3 is 4.57 Å². The molecule has 5 nitrogen and oxygen atoms in total. The van der Waals surface area contributed by atoms with Gasteiger partial charge in [0.15, 0.2) is 4.80 Å². The highest BCUT2D eigenvalue weighted by Crippen LogP contribution is 2.34. The minimum absolute atomic E-state index is 0.00874. The zero-order chi connectivity index (χ0) is 20.9. The third kappa shape index (κ3) is 4.28. The number of hydrogen-bond donors (Lipinski definition) is 0. The SMILES string of the molecule is C=CCn1c(-c2ccc(C3CCCCC3)cc2)csc1=Nc1ccccc1[N+](=O)[O-]. The number of nitro groups is 1. The molecule has 0 bridgehead atoms. The number of nitro benzene ring substituents is 1. The third-order valence-electron chi connectivity index (χ3n) is 5.69. The lowest BCUT2D eigenvalue weighted by Crippen LogP contribution is -2.15. The summed E-state index contributed by atoms with van der Waals surface area (Å²) in [6.07, 6.45) is 8.40. The van der Waals surface area contributed by atoms with Crippen LogP contribution < -0.4 is 4.80 Å². The Balaban J connectivity index is 1.71. The molecule has 30 heavy (non-hydrogen) atoms. The maximum Gasteiger partial charge on any atom is 0.294 e. The van der Waals surface area contributed by atoms with E-state index in [1.807, 2.05) is 6.08 Å². The summed E-state index contributed by atoms with van der Waals surface area (Å²) in [5.41, 5.74) is 3.97. The molecule has 1 fully saturated rings. The number of nitrogens with zero attached hydrogens (tertiary/aromatic N) is 3. The van der Waals surface area contributed by atoms with Crippen molar-refractivity contribution in [1.29, 1.82) is 0 Å². The third-order valence-corrected chi connectivity index (χ3v) is 6.55. The Morgan fingerprint density at radius 1 is 1.13 bits per heavy atom. The van der Waals surface area contributed by atoms with E-state index in [2.05, 4.69) is 45.8 Å². The van der Waals surface area contributed by atoms with Crippen LogP contribution in [0.25, 0.3) is 11.3 Å². The molecular formula is C24H25N3O2S. The first kappa shape index (κ1) is 20.3. The van der Waals surface area contributed by atoms with Crippen LogP contribution in [0.1, 0.15) is 43.6 Å². The summed E-state index contributed by atoms with van der Waals surface area (Å²) in [6.45, 7) is 4.46. The van der Waals surface area contributed by atoms with E-state index in [0.717, 1.165) is 16.1 Å². The van der Waals surface area contributed by atoms with E-state index in [-0.39, 0.29) is 5.69 Å². The molecule has 1 aliphatic carbocycles. The molecule has 0 N–H and O–H groups in total. The van der Waals surface area contributed by atoms with Gasteiger partial charge in [-0.2, -0.15) is 0 Å². The molecule has 1 aromatic heterocycles. The molecule has 1 aliphatic rings. The average Bonchev–Trinajstić information content (AvgIpc) is 3.17. The van der Waals surface area contributed by atoms with Gasteiger partial charge in [0, 0.05) is 18.0 Å². The molecule has 4 rings (SSSR count). The second-order valence-electron chi connectivity index (χ2n) is 7.62. The topological polar surface area (TPSA) is 60.4 Å². The van der Waals surface area contributed by atoms with Crippen LogP contribution in [0.3, 0.4) is 0 Å². The molecule has 2 aromatic carbocycles. The van der Waals surface area contributed by atoms with Crippen LogP contribution in [-0.2, 0) is 6.54 Å². The lowest BCUT2D eigenvalue weighted by atomic mass is 9.84. The van der Waals surface area contributed by atoms with E-state index >= 15 is 0 Å². The van der Waals surface area contributed by atoms with E-state index in [0.29, 0.717) is 18.2 Å². The van der Waals surface area contributed by atoms with Crippen molar-refractivity contribution >= 4 is 22.7 Å². The Hall–Kier alpha value is -2.99. The molecule has 0 radical (unpaired) electrons. The normalized spacial score (nSPS) is 15.3. The van der Waals surface area contributed by atoms with Crippen molar-refractivity contribution in [3.63, 3.8) is 0 Å². The van der Waals surface area contributed by atoms with Crippen LogP contribution in [0.15, 0.2) is 71.6 Å². The van der Waals surface area contributed by atoms with Crippen molar-refractivity contribution < 1.29 is 4.92 Å². The zero-order valence-electron chi connectivity index (χ0n) is 16.9. The molecule has 3 aromatic rings. The molecule has 0 aliphatic heterocycles. The summed E-state index contributed by atoms with van der Waals surface area (Å²) in [5, 5.41) is 13.4. The zero-order valence-corrected chi connectivity index (χ0v) is 17.7. The molecule has 1 saturated carbocycles. The van der Waals surface area contributed by atoms with Gasteiger partial charge in [0.2, 0.25) is 0 Å². The Morgan fingerprint density at radius 2 is 1.87 bits per heavy atom. The molecule has 6 heteroatoms. The van der Waals surface area contributed by atoms with Crippen LogP contribution in [0.5, 0.6) is 0 Å². The number of aromatic nitrogens is 1.